The molecule has 0 bridgehead atoms. The van der Waals surface area contributed by atoms with Crippen LogP contribution in [0.25, 0.3) is 22.5 Å². The maximum Gasteiger partial charge on any atom is 0.135 e. The van der Waals surface area contributed by atoms with E-state index >= 15 is 0 Å². The highest BCUT2D eigenvalue weighted by molar-refractivity contribution is 5.58. The molecule has 2 heterocycles. The molecule has 4 rings (SSSR count). The smallest absolute Gasteiger partial charge is 0.135 e. The molecule has 2 aromatic carbocycles. The summed E-state index contributed by atoms with van der Waals surface area (Å²) >= 11 is 0. The minimum absolute atomic E-state index is 0.856. The van der Waals surface area contributed by atoms with Gasteiger partial charge >= 0.3 is 0 Å². The summed E-state index contributed by atoms with van der Waals surface area (Å²) in [5.41, 5.74) is 3.80. The second-order valence-corrected chi connectivity index (χ2v) is 5.05. The van der Waals surface area contributed by atoms with E-state index in [0.717, 1.165) is 22.5 Å². The van der Waals surface area contributed by atoms with Crippen molar-refractivity contribution in [2.45, 2.75) is 0 Å². The van der Waals surface area contributed by atoms with E-state index in [9.17, 15) is 0 Å². The summed E-state index contributed by atoms with van der Waals surface area (Å²) in [5.74, 6) is 0. The molecule has 0 atom stereocenters. The summed E-state index contributed by atoms with van der Waals surface area (Å²) in [6, 6.07) is 19.9. The van der Waals surface area contributed by atoms with E-state index in [1.54, 1.807) is 22.1 Å². The first kappa shape index (κ1) is 13.3. The third-order valence-electron chi connectivity index (χ3n) is 3.45. The number of imidazole rings is 2. The number of nitrogens with zero attached hydrogens (tertiary/aromatic N) is 4. The molecule has 0 amide bonds. The Labute approximate surface area is 133 Å². The SMILES string of the molecule is c1ccc(-c2cn(On3cnc(-c4ccccc4)c3)cn2)cc1. The normalized spacial score (nSPS) is 10.6. The lowest BCUT2D eigenvalue weighted by Gasteiger charge is -2.03. The van der Waals surface area contributed by atoms with Crippen LogP contribution in [0.15, 0.2) is 85.7 Å². The molecule has 23 heavy (non-hydrogen) atoms. The predicted molar refractivity (Wildman–Crippen MR) is 87.3 cm³/mol. The Morgan fingerprint density at radius 2 is 1.04 bits per heavy atom. The lowest BCUT2D eigenvalue weighted by atomic mass is 10.2. The van der Waals surface area contributed by atoms with Gasteiger partial charge in [-0.3, -0.25) is 4.94 Å². The largest absolute Gasteiger partial charge is 0.280 e. The van der Waals surface area contributed by atoms with E-state index in [1.807, 2.05) is 73.1 Å². The fourth-order valence-corrected chi connectivity index (χ4v) is 2.33. The summed E-state index contributed by atoms with van der Waals surface area (Å²) in [5, 5.41) is 0. The highest BCUT2D eigenvalue weighted by atomic mass is 16.8. The Hall–Kier alpha value is -3.34. The van der Waals surface area contributed by atoms with E-state index in [1.165, 1.54) is 0 Å². The summed E-state index contributed by atoms with van der Waals surface area (Å²) < 4.78 is 3.11. The van der Waals surface area contributed by atoms with Crippen molar-refractivity contribution < 1.29 is 4.94 Å². The Kier molecular flexibility index (Phi) is 3.37. The van der Waals surface area contributed by atoms with Crippen LogP contribution in [0.1, 0.15) is 0 Å². The third-order valence-corrected chi connectivity index (χ3v) is 3.45. The maximum atomic E-state index is 5.69. The van der Waals surface area contributed by atoms with Crippen LogP contribution in [0.4, 0.5) is 0 Å². The fraction of sp³-hybridized carbons (Fsp3) is 0. The third kappa shape index (κ3) is 2.85. The van der Waals surface area contributed by atoms with Crippen molar-refractivity contribution >= 4 is 0 Å². The Morgan fingerprint density at radius 1 is 0.609 bits per heavy atom. The molecule has 0 aliphatic carbocycles. The minimum Gasteiger partial charge on any atom is -0.280 e. The highest BCUT2D eigenvalue weighted by Crippen LogP contribution is 2.17. The average molecular weight is 302 g/mol. The van der Waals surface area contributed by atoms with E-state index in [4.69, 9.17) is 4.94 Å². The van der Waals surface area contributed by atoms with E-state index in [2.05, 4.69) is 9.97 Å². The molecular formula is C18H14N4O. The van der Waals surface area contributed by atoms with Crippen molar-refractivity contribution in [3.05, 3.63) is 85.7 Å². The molecule has 2 aromatic heterocycles. The van der Waals surface area contributed by atoms with Crippen LogP contribution in [0.5, 0.6) is 0 Å². The summed E-state index contributed by atoms with van der Waals surface area (Å²) in [4.78, 5) is 14.4. The Balaban J connectivity index is 1.53. The van der Waals surface area contributed by atoms with Crippen LogP contribution < -0.4 is 4.94 Å². The Bertz CT molecular complexity index is 821. The van der Waals surface area contributed by atoms with Gasteiger partial charge < -0.3 is 0 Å². The molecule has 5 nitrogen and oxygen atoms in total. The van der Waals surface area contributed by atoms with Gasteiger partial charge in [-0.15, -0.1) is 9.46 Å². The topological polar surface area (TPSA) is 44.9 Å². The van der Waals surface area contributed by atoms with Crippen LogP contribution in [-0.2, 0) is 0 Å². The van der Waals surface area contributed by atoms with Gasteiger partial charge in [0.1, 0.15) is 12.7 Å². The van der Waals surface area contributed by atoms with Crippen molar-refractivity contribution in [2.24, 2.45) is 0 Å². The first-order valence-electron chi connectivity index (χ1n) is 7.26. The van der Waals surface area contributed by atoms with Gasteiger partial charge in [-0.25, -0.2) is 9.97 Å². The van der Waals surface area contributed by atoms with Gasteiger partial charge in [0, 0.05) is 11.1 Å². The molecule has 0 saturated heterocycles. The minimum atomic E-state index is 0.856. The van der Waals surface area contributed by atoms with Gasteiger partial charge in [0.2, 0.25) is 0 Å². The maximum absolute atomic E-state index is 5.69. The Morgan fingerprint density at radius 3 is 1.48 bits per heavy atom. The van der Waals surface area contributed by atoms with Gasteiger partial charge in [-0.1, -0.05) is 60.7 Å². The van der Waals surface area contributed by atoms with Gasteiger partial charge in [-0.05, 0) is 0 Å². The zero-order valence-corrected chi connectivity index (χ0v) is 12.3. The molecule has 0 N–H and O–H groups in total. The van der Waals surface area contributed by atoms with Crippen LogP contribution in [0.3, 0.4) is 0 Å². The number of aromatic nitrogens is 4. The quantitative estimate of drug-likeness (QED) is 0.581. The molecule has 5 heteroatoms. The van der Waals surface area contributed by atoms with Crippen molar-refractivity contribution in [2.75, 3.05) is 0 Å². The monoisotopic (exact) mass is 302 g/mol. The predicted octanol–water partition coefficient (Wildman–Crippen LogP) is 3.31. The molecule has 112 valence electrons. The second-order valence-electron chi connectivity index (χ2n) is 5.05. The van der Waals surface area contributed by atoms with Gasteiger partial charge in [0.15, 0.2) is 0 Å². The lowest BCUT2D eigenvalue weighted by Crippen LogP contribution is -2.14. The number of hydrogen-bond donors (Lipinski definition) is 0. The van der Waals surface area contributed by atoms with Gasteiger partial charge in [-0.2, -0.15) is 0 Å². The molecule has 0 aliphatic heterocycles. The second kappa shape index (κ2) is 5.81. The first-order valence-corrected chi connectivity index (χ1v) is 7.26. The van der Waals surface area contributed by atoms with Gasteiger partial charge in [0.05, 0.1) is 23.8 Å². The molecule has 4 aromatic rings. The number of benzene rings is 2. The number of hydrogen-bond acceptors (Lipinski definition) is 3. The van der Waals surface area contributed by atoms with Crippen LogP contribution in [0.2, 0.25) is 0 Å². The van der Waals surface area contributed by atoms with Crippen molar-refractivity contribution in [1.29, 1.82) is 0 Å². The van der Waals surface area contributed by atoms with Crippen LogP contribution >= 0.6 is 0 Å². The van der Waals surface area contributed by atoms with Gasteiger partial charge in [0.25, 0.3) is 0 Å². The number of rotatable bonds is 4. The van der Waals surface area contributed by atoms with E-state index in [-0.39, 0.29) is 0 Å². The highest BCUT2D eigenvalue weighted by Gasteiger charge is 2.05. The molecule has 0 fully saturated rings. The molecule has 0 saturated carbocycles. The van der Waals surface area contributed by atoms with Crippen LogP contribution in [-0.4, -0.2) is 19.4 Å². The summed E-state index contributed by atoms with van der Waals surface area (Å²) in [6.07, 6.45) is 6.92. The average Bonchev–Trinajstić information content (AvgIpc) is 3.27. The fourth-order valence-electron chi connectivity index (χ4n) is 2.33. The molecular weight excluding hydrogens is 288 g/mol. The molecule has 0 radical (unpaired) electrons. The molecule has 0 aliphatic rings. The lowest BCUT2D eigenvalue weighted by molar-refractivity contribution is 0.0343. The first-order chi connectivity index (χ1) is 11.4. The zero-order valence-electron chi connectivity index (χ0n) is 12.3. The van der Waals surface area contributed by atoms with Crippen LogP contribution in [0, 0.1) is 0 Å². The molecule has 0 unspecified atom stereocenters. The van der Waals surface area contributed by atoms with Crippen molar-refractivity contribution in [3.8, 4) is 22.5 Å². The van der Waals surface area contributed by atoms with E-state index in [0.29, 0.717) is 0 Å². The van der Waals surface area contributed by atoms with Crippen molar-refractivity contribution in [1.82, 2.24) is 19.4 Å². The van der Waals surface area contributed by atoms with E-state index < -0.39 is 0 Å². The summed E-state index contributed by atoms with van der Waals surface area (Å²) in [6.45, 7) is 0. The summed E-state index contributed by atoms with van der Waals surface area (Å²) in [7, 11) is 0. The molecule has 0 spiro atoms. The van der Waals surface area contributed by atoms with Crippen molar-refractivity contribution in [3.63, 3.8) is 0 Å². The standard InChI is InChI=1S/C18H14N4O/c1-3-7-15(8-4-1)17-11-21(13-19-17)23-22-12-18(20-14-22)16-9-5-2-6-10-16/h1-14H. The zero-order chi connectivity index (χ0) is 15.5.